The minimum atomic E-state index is -1.55. The highest BCUT2D eigenvalue weighted by Crippen LogP contribution is 2.22. The van der Waals surface area contributed by atoms with Crippen LogP contribution in [-0.2, 0) is 19.0 Å². The summed E-state index contributed by atoms with van der Waals surface area (Å²) in [6.07, 6.45) is 8.18. The van der Waals surface area contributed by atoms with Gasteiger partial charge in [-0.3, -0.25) is 4.79 Å². The van der Waals surface area contributed by atoms with Crippen LogP contribution in [0, 0.1) is 0 Å². The van der Waals surface area contributed by atoms with Crippen LogP contribution in [0.5, 0.6) is 0 Å². The summed E-state index contributed by atoms with van der Waals surface area (Å²) in [4.78, 5) is 11.8. The SMILES string of the molecule is CCCCCCCCCCCCCCCC(=O)OC[C@@H](O)CO[C@H]1O[C@H](CO)[C@H](O)[C@H](O)[C@H]1O. The van der Waals surface area contributed by atoms with E-state index in [0.29, 0.717) is 6.42 Å². The van der Waals surface area contributed by atoms with Crippen molar-refractivity contribution in [2.75, 3.05) is 19.8 Å². The molecule has 9 heteroatoms. The van der Waals surface area contributed by atoms with Crippen LogP contribution in [0.15, 0.2) is 0 Å². The normalized spacial score (nSPS) is 25.9. The Morgan fingerprint density at radius 1 is 0.794 bits per heavy atom. The molecular formula is C25H48O9. The lowest BCUT2D eigenvalue weighted by Gasteiger charge is -2.39. The molecule has 0 radical (unpaired) electrons. The molecule has 0 spiro atoms. The number of aliphatic hydroxyl groups is 5. The van der Waals surface area contributed by atoms with E-state index < -0.39 is 43.4 Å². The Hall–Kier alpha value is -0.810. The van der Waals surface area contributed by atoms with Crippen molar-refractivity contribution < 1.29 is 44.5 Å². The maximum atomic E-state index is 11.8. The molecule has 1 rings (SSSR count). The molecule has 1 heterocycles. The predicted molar refractivity (Wildman–Crippen MR) is 127 cm³/mol. The molecule has 6 atom stereocenters. The number of rotatable bonds is 20. The second-order valence-electron chi connectivity index (χ2n) is 9.36. The van der Waals surface area contributed by atoms with Gasteiger partial charge in [0.1, 0.15) is 37.1 Å². The fraction of sp³-hybridized carbons (Fsp3) is 0.960. The zero-order valence-corrected chi connectivity index (χ0v) is 20.9. The Morgan fingerprint density at radius 2 is 1.32 bits per heavy atom. The number of hydrogen-bond acceptors (Lipinski definition) is 9. The predicted octanol–water partition coefficient (Wildman–Crippen LogP) is 2.19. The molecule has 0 aliphatic carbocycles. The lowest BCUT2D eigenvalue weighted by molar-refractivity contribution is -0.305. The van der Waals surface area contributed by atoms with E-state index in [1.165, 1.54) is 64.2 Å². The Kier molecular flexibility index (Phi) is 17.8. The molecule has 0 aromatic rings. The van der Waals surface area contributed by atoms with E-state index in [4.69, 9.17) is 19.3 Å². The zero-order valence-electron chi connectivity index (χ0n) is 20.9. The summed E-state index contributed by atoms with van der Waals surface area (Å²) in [5.74, 6) is -0.380. The van der Waals surface area contributed by atoms with E-state index in [9.17, 15) is 25.2 Å². The Labute approximate surface area is 204 Å². The van der Waals surface area contributed by atoms with Crippen molar-refractivity contribution in [2.45, 2.75) is 134 Å². The van der Waals surface area contributed by atoms with Crippen LogP contribution in [0.4, 0.5) is 0 Å². The zero-order chi connectivity index (χ0) is 25.2. The van der Waals surface area contributed by atoms with Crippen molar-refractivity contribution in [2.24, 2.45) is 0 Å². The molecule has 0 saturated carbocycles. The van der Waals surface area contributed by atoms with Crippen LogP contribution in [0.1, 0.15) is 96.8 Å². The highest BCUT2D eigenvalue weighted by atomic mass is 16.7. The molecule has 5 N–H and O–H groups in total. The molecule has 0 amide bonds. The smallest absolute Gasteiger partial charge is 0.305 e. The second-order valence-corrected chi connectivity index (χ2v) is 9.36. The van der Waals surface area contributed by atoms with Gasteiger partial charge in [0, 0.05) is 6.42 Å². The monoisotopic (exact) mass is 492 g/mol. The van der Waals surface area contributed by atoms with Gasteiger partial charge < -0.3 is 39.7 Å². The lowest BCUT2D eigenvalue weighted by Crippen LogP contribution is -2.59. The van der Waals surface area contributed by atoms with Crippen molar-refractivity contribution in [3.8, 4) is 0 Å². The van der Waals surface area contributed by atoms with Crippen LogP contribution < -0.4 is 0 Å². The third-order valence-electron chi connectivity index (χ3n) is 6.22. The minimum absolute atomic E-state index is 0.255. The summed E-state index contributed by atoms with van der Waals surface area (Å²) in [5, 5.41) is 48.4. The van der Waals surface area contributed by atoms with Gasteiger partial charge >= 0.3 is 5.97 Å². The summed E-state index contributed by atoms with van der Waals surface area (Å²) >= 11 is 0. The molecule has 9 nitrogen and oxygen atoms in total. The number of aliphatic hydroxyl groups excluding tert-OH is 5. The maximum Gasteiger partial charge on any atom is 0.305 e. The Balaban J connectivity index is 1.99. The standard InChI is InChI=1S/C25H48O9/c1-2-3-4-5-6-7-8-9-10-11-12-13-14-15-21(28)32-17-19(27)18-33-25-24(31)23(30)22(29)20(16-26)34-25/h19-20,22-27,29-31H,2-18H2,1H3/t19-,20-,22+,23+,24-,25+/m1/s1. The van der Waals surface area contributed by atoms with Crippen LogP contribution in [0.25, 0.3) is 0 Å². The van der Waals surface area contributed by atoms with E-state index in [-0.39, 0.29) is 19.2 Å². The highest BCUT2D eigenvalue weighted by Gasteiger charge is 2.44. The maximum absolute atomic E-state index is 11.8. The molecular weight excluding hydrogens is 444 g/mol. The van der Waals surface area contributed by atoms with E-state index in [0.717, 1.165) is 19.3 Å². The van der Waals surface area contributed by atoms with Gasteiger partial charge in [0.15, 0.2) is 6.29 Å². The first-order chi connectivity index (χ1) is 16.4. The van der Waals surface area contributed by atoms with Gasteiger partial charge in [-0.2, -0.15) is 0 Å². The van der Waals surface area contributed by atoms with Gasteiger partial charge in [-0.1, -0.05) is 84.0 Å². The first kappa shape index (κ1) is 31.2. The average Bonchev–Trinajstić information content (AvgIpc) is 2.83. The van der Waals surface area contributed by atoms with Crippen LogP contribution >= 0.6 is 0 Å². The Morgan fingerprint density at radius 3 is 1.85 bits per heavy atom. The van der Waals surface area contributed by atoms with Crippen LogP contribution in [0.3, 0.4) is 0 Å². The quantitative estimate of drug-likeness (QED) is 0.127. The van der Waals surface area contributed by atoms with Crippen molar-refractivity contribution in [1.29, 1.82) is 0 Å². The van der Waals surface area contributed by atoms with E-state index in [1.807, 2.05) is 0 Å². The molecule has 0 bridgehead atoms. The summed E-state index contributed by atoms with van der Waals surface area (Å²) in [5.41, 5.74) is 0. The van der Waals surface area contributed by atoms with Crippen molar-refractivity contribution in [3.05, 3.63) is 0 Å². The molecule has 1 fully saturated rings. The van der Waals surface area contributed by atoms with E-state index in [1.54, 1.807) is 0 Å². The third kappa shape index (κ3) is 13.3. The number of carbonyl (C=O) groups excluding carboxylic acids is 1. The summed E-state index contributed by atoms with van der Waals surface area (Å²) in [6, 6.07) is 0. The number of hydrogen-bond donors (Lipinski definition) is 5. The molecule has 0 aromatic heterocycles. The van der Waals surface area contributed by atoms with Crippen molar-refractivity contribution in [1.82, 2.24) is 0 Å². The fourth-order valence-electron chi connectivity index (χ4n) is 4.01. The Bertz CT molecular complexity index is 503. The van der Waals surface area contributed by atoms with Crippen LogP contribution in [0.2, 0.25) is 0 Å². The van der Waals surface area contributed by atoms with Crippen molar-refractivity contribution in [3.63, 3.8) is 0 Å². The van der Waals surface area contributed by atoms with Gasteiger partial charge in [0.25, 0.3) is 0 Å². The molecule has 202 valence electrons. The summed E-state index contributed by atoms with van der Waals surface area (Å²) < 4.78 is 15.5. The number of carbonyl (C=O) groups is 1. The number of esters is 1. The van der Waals surface area contributed by atoms with E-state index >= 15 is 0 Å². The molecule has 0 aromatic carbocycles. The molecule has 0 unspecified atom stereocenters. The van der Waals surface area contributed by atoms with E-state index in [2.05, 4.69) is 6.92 Å². The second kappa shape index (κ2) is 19.4. The van der Waals surface area contributed by atoms with Crippen LogP contribution in [-0.4, -0.2) is 88.1 Å². The summed E-state index contributed by atoms with van der Waals surface area (Å²) in [6.45, 7) is 1.11. The first-order valence-corrected chi connectivity index (χ1v) is 13.2. The number of unbranched alkanes of at least 4 members (excludes halogenated alkanes) is 12. The minimum Gasteiger partial charge on any atom is -0.463 e. The topological polar surface area (TPSA) is 146 Å². The number of ether oxygens (including phenoxy) is 3. The van der Waals surface area contributed by atoms with Gasteiger partial charge in [-0.15, -0.1) is 0 Å². The van der Waals surface area contributed by atoms with Crippen molar-refractivity contribution >= 4 is 5.97 Å². The van der Waals surface area contributed by atoms with Gasteiger partial charge in [-0.05, 0) is 6.42 Å². The molecule has 1 saturated heterocycles. The first-order valence-electron chi connectivity index (χ1n) is 13.2. The van der Waals surface area contributed by atoms with Gasteiger partial charge in [-0.25, -0.2) is 0 Å². The largest absolute Gasteiger partial charge is 0.463 e. The average molecular weight is 493 g/mol. The lowest BCUT2D eigenvalue weighted by atomic mass is 9.99. The fourth-order valence-corrected chi connectivity index (χ4v) is 4.01. The molecule has 1 aliphatic heterocycles. The molecule has 34 heavy (non-hydrogen) atoms. The van der Waals surface area contributed by atoms with Gasteiger partial charge in [0.05, 0.1) is 13.2 Å². The third-order valence-corrected chi connectivity index (χ3v) is 6.22. The van der Waals surface area contributed by atoms with Gasteiger partial charge in [0.2, 0.25) is 0 Å². The summed E-state index contributed by atoms with van der Waals surface area (Å²) in [7, 11) is 0. The molecule has 1 aliphatic rings. The highest BCUT2D eigenvalue weighted by molar-refractivity contribution is 5.69.